The van der Waals surface area contributed by atoms with Crippen LogP contribution in [0.5, 0.6) is 5.75 Å². The number of rotatable bonds is 3. The van der Waals surface area contributed by atoms with Gasteiger partial charge < -0.3 is 15.0 Å². The zero-order valence-corrected chi connectivity index (χ0v) is 13.4. The highest BCUT2D eigenvalue weighted by Gasteiger charge is 2.36. The number of ether oxygens (including phenoxy) is 1. The number of carbonyl (C=O) groups is 1. The Kier molecular flexibility index (Phi) is 4.94. The first kappa shape index (κ1) is 15.6. The van der Waals surface area contributed by atoms with E-state index in [2.05, 4.69) is 5.32 Å². The molecule has 4 nitrogen and oxygen atoms in total. The van der Waals surface area contributed by atoms with Crippen LogP contribution in [0.2, 0.25) is 0 Å². The molecular weight excluding hydrogens is 296 g/mol. The van der Waals surface area contributed by atoms with Crippen molar-refractivity contribution in [2.75, 3.05) is 14.2 Å². The molecule has 2 aliphatic rings. The second-order valence-corrected chi connectivity index (χ2v) is 6.44. The van der Waals surface area contributed by atoms with E-state index in [0.717, 1.165) is 23.5 Å². The van der Waals surface area contributed by atoms with Gasteiger partial charge in [0.15, 0.2) is 0 Å². The van der Waals surface area contributed by atoms with Crippen LogP contribution in [-0.2, 0) is 0 Å². The Morgan fingerprint density at radius 3 is 2.60 bits per heavy atom. The van der Waals surface area contributed by atoms with Crippen molar-refractivity contribution >= 4 is 29.7 Å². The van der Waals surface area contributed by atoms with Gasteiger partial charge in [-0.15, -0.1) is 23.7 Å². The number of amides is 1. The lowest BCUT2D eigenvalue weighted by Crippen LogP contribution is -2.48. The van der Waals surface area contributed by atoms with Crippen LogP contribution in [0, 0.1) is 0 Å². The molecule has 1 aromatic rings. The molecule has 0 spiro atoms. The number of methoxy groups -OCH3 is 1. The maximum absolute atomic E-state index is 12.5. The molecule has 1 aromatic heterocycles. The predicted molar refractivity (Wildman–Crippen MR) is 83.2 cm³/mol. The average molecular weight is 317 g/mol. The number of piperidine rings is 1. The fourth-order valence-electron chi connectivity index (χ4n) is 3.22. The van der Waals surface area contributed by atoms with Crippen molar-refractivity contribution in [1.29, 1.82) is 0 Å². The van der Waals surface area contributed by atoms with E-state index in [9.17, 15) is 4.79 Å². The summed E-state index contributed by atoms with van der Waals surface area (Å²) in [5, 5.41) is 5.49. The van der Waals surface area contributed by atoms with E-state index in [1.54, 1.807) is 7.11 Å². The lowest BCUT2D eigenvalue weighted by molar-refractivity contribution is 0.0686. The Hall–Kier alpha value is -0.780. The highest BCUT2D eigenvalue weighted by atomic mass is 35.5. The zero-order valence-electron chi connectivity index (χ0n) is 11.8. The van der Waals surface area contributed by atoms with E-state index in [1.165, 1.54) is 24.2 Å². The third-order valence-electron chi connectivity index (χ3n) is 4.34. The molecule has 2 saturated heterocycles. The van der Waals surface area contributed by atoms with Gasteiger partial charge in [-0.25, -0.2) is 0 Å². The Morgan fingerprint density at radius 2 is 2.05 bits per heavy atom. The van der Waals surface area contributed by atoms with Crippen LogP contribution in [0.15, 0.2) is 11.4 Å². The number of nitrogens with one attached hydrogen (secondary N) is 1. The van der Waals surface area contributed by atoms with Gasteiger partial charge in [-0.3, -0.25) is 4.79 Å². The zero-order chi connectivity index (χ0) is 13.4. The van der Waals surface area contributed by atoms with Crippen LogP contribution in [0.1, 0.15) is 35.4 Å². The first-order valence-electron chi connectivity index (χ1n) is 6.83. The molecule has 1 N–H and O–H groups in total. The molecule has 20 heavy (non-hydrogen) atoms. The second kappa shape index (κ2) is 6.33. The first-order valence-corrected chi connectivity index (χ1v) is 7.71. The predicted octanol–water partition coefficient (Wildman–Crippen LogP) is 2.53. The molecular formula is C14H21ClN2O2S. The molecule has 112 valence electrons. The van der Waals surface area contributed by atoms with E-state index in [0.29, 0.717) is 18.1 Å². The Balaban J connectivity index is 0.00000147. The smallest absolute Gasteiger partial charge is 0.264 e. The van der Waals surface area contributed by atoms with Crippen LogP contribution >= 0.6 is 23.7 Å². The molecule has 0 saturated carbocycles. The topological polar surface area (TPSA) is 41.6 Å². The van der Waals surface area contributed by atoms with E-state index < -0.39 is 0 Å². The molecule has 3 heterocycles. The van der Waals surface area contributed by atoms with Gasteiger partial charge in [-0.05, 0) is 25.7 Å². The van der Waals surface area contributed by atoms with Crippen LogP contribution in [-0.4, -0.2) is 43.1 Å². The fraction of sp³-hybridized carbons (Fsp3) is 0.643. The number of nitrogens with zero attached hydrogens (tertiary/aromatic N) is 1. The van der Waals surface area contributed by atoms with Crippen LogP contribution in [0.25, 0.3) is 0 Å². The molecule has 0 aromatic carbocycles. The minimum atomic E-state index is 0. The molecule has 2 bridgehead atoms. The number of hydrogen-bond donors (Lipinski definition) is 1. The molecule has 1 amide bonds. The Bertz CT molecular complexity index is 467. The highest BCUT2D eigenvalue weighted by molar-refractivity contribution is 7.12. The minimum absolute atomic E-state index is 0. The lowest BCUT2D eigenvalue weighted by Gasteiger charge is -2.35. The molecule has 6 heteroatoms. The minimum Gasteiger partial charge on any atom is -0.496 e. The maximum Gasteiger partial charge on any atom is 0.264 e. The van der Waals surface area contributed by atoms with Crippen LogP contribution in [0.4, 0.5) is 0 Å². The standard InChI is InChI=1S/C14H20N2O2S.ClH/c1-16(11-5-9-3-4-10(6-11)15-9)14(17)13-7-12(18-2)8-19-13;/h7-11,15H,3-6H2,1-2H3;1H. The van der Waals surface area contributed by atoms with Gasteiger partial charge >= 0.3 is 0 Å². The van der Waals surface area contributed by atoms with Gasteiger partial charge in [0.25, 0.3) is 5.91 Å². The number of fused-ring (bicyclic) bond motifs is 2. The average Bonchev–Trinajstić information content (AvgIpc) is 3.03. The summed E-state index contributed by atoms with van der Waals surface area (Å²) < 4.78 is 5.14. The third kappa shape index (κ3) is 2.95. The summed E-state index contributed by atoms with van der Waals surface area (Å²) in [6.07, 6.45) is 4.69. The Labute approximate surface area is 129 Å². The summed E-state index contributed by atoms with van der Waals surface area (Å²) in [6.45, 7) is 0. The Morgan fingerprint density at radius 1 is 1.40 bits per heavy atom. The van der Waals surface area contributed by atoms with Gasteiger partial charge in [0, 0.05) is 36.6 Å². The number of thiophene rings is 1. The summed E-state index contributed by atoms with van der Waals surface area (Å²) in [5.41, 5.74) is 0. The summed E-state index contributed by atoms with van der Waals surface area (Å²) in [6, 6.07) is 3.42. The van der Waals surface area contributed by atoms with E-state index in [1.807, 2.05) is 23.4 Å². The summed E-state index contributed by atoms with van der Waals surface area (Å²) >= 11 is 1.46. The van der Waals surface area contributed by atoms with Crippen molar-refractivity contribution in [3.63, 3.8) is 0 Å². The summed E-state index contributed by atoms with van der Waals surface area (Å²) in [7, 11) is 3.56. The SMILES string of the molecule is COc1csc(C(=O)N(C)C2CC3CCC(C2)N3)c1.Cl. The van der Waals surface area contributed by atoms with E-state index in [-0.39, 0.29) is 18.3 Å². The first-order chi connectivity index (χ1) is 9.17. The quantitative estimate of drug-likeness (QED) is 0.931. The van der Waals surface area contributed by atoms with Gasteiger partial charge in [0.2, 0.25) is 0 Å². The van der Waals surface area contributed by atoms with Crippen LogP contribution < -0.4 is 10.1 Å². The lowest BCUT2D eigenvalue weighted by atomic mass is 9.98. The number of carbonyl (C=O) groups excluding carboxylic acids is 1. The summed E-state index contributed by atoms with van der Waals surface area (Å²) in [5.74, 6) is 0.895. The highest BCUT2D eigenvalue weighted by Crippen LogP contribution is 2.31. The fourth-order valence-corrected chi connectivity index (χ4v) is 4.06. The van der Waals surface area contributed by atoms with E-state index >= 15 is 0 Å². The van der Waals surface area contributed by atoms with Crippen molar-refractivity contribution < 1.29 is 9.53 Å². The summed E-state index contributed by atoms with van der Waals surface area (Å²) in [4.78, 5) is 15.2. The largest absolute Gasteiger partial charge is 0.496 e. The van der Waals surface area contributed by atoms with E-state index in [4.69, 9.17) is 4.74 Å². The van der Waals surface area contributed by atoms with Gasteiger partial charge in [-0.2, -0.15) is 0 Å². The van der Waals surface area contributed by atoms with Gasteiger partial charge in [0.05, 0.1) is 12.0 Å². The third-order valence-corrected chi connectivity index (χ3v) is 5.23. The maximum atomic E-state index is 12.5. The molecule has 2 fully saturated rings. The molecule has 2 atom stereocenters. The van der Waals surface area contributed by atoms with Gasteiger partial charge in [0.1, 0.15) is 5.75 Å². The monoisotopic (exact) mass is 316 g/mol. The van der Waals surface area contributed by atoms with Crippen molar-refractivity contribution in [3.05, 3.63) is 16.3 Å². The van der Waals surface area contributed by atoms with Crippen molar-refractivity contribution in [2.45, 2.75) is 43.8 Å². The molecule has 2 aliphatic heterocycles. The van der Waals surface area contributed by atoms with Crippen molar-refractivity contribution in [3.8, 4) is 5.75 Å². The van der Waals surface area contributed by atoms with Crippen molar-refractivity contribution in [1.82, 2.24) is 10.2 Å². The van der Waals surface area contributed by atoms with Crippen LogP contribution in [0.3, 0.4) is 0 Å². The molecule has 2 unspecified atom stereocenters. The molecule has 0 radical (unpaired) electrons. The number of hydrogen-bond acceptors (Lipinski definition) is 4. The molecule has 3 rings (SSSR count). The van der Waals surface area contributed by atoms with Crippen molar-refractivity contribution in [2.24, 2.45) is 0 Å². The second-order valence-electron chi connectivity index (χ2n) is 5.53. The normalized spacial score (nSPS) is 27.8. The molecule has 0 aliphatic carbocycles. The number of halogens is 1. The van der Waals surface area contributed by atoms with Gasteiger partial charge in [-0.1, -0.05) is 0 Å².